The summed E-state index contributed by atoms with van der Waals surface area (Å²) in [6.45, 7) is 4.21. The van der Waals surface area contributed by atoms with E-state index < -0.39 is 0 Å². The SMILES string of the molecule is CC1CN(C(=O)Nc2n[nH]c3cc(-c4cccc(C#N)c4)ccc23)CCN1. The Morgan fingerprint density at radius 1 is 1.30 bits per heavy atom. The Morgan fingerprint density at radius 3 is 2.96 bits per heavy atom. The molecule has 0 bridgehead atoms. The van der Waals surface area contributed by atoms with Gasteiger partial charge in [0, 0.05) is 31.1 Å². The summed E-state index contributed by atoms with van der Waals surface area (Å²) in [5.74, 6) is 0.526. The fraction of sp³-hybridized carbons (Fsp3) is 0.250. The quantitative estimate of drug-likeness (QED) is 0.654. The van der Waals surface area contributed by atoms with E-state index in [4.69, 9.17) is 5.26 Å². The number of hydrogen-bond donors (Lipinski definition) is 3. The fourth-order valence-corrected chi connectivity index (χ4v) is 3.36. The number of aromatic amines is 1. The Morgan fingerprint density at radius 2 is 2.15 bits per heavy atom. The van der Waals surface area contributed by atoms with E-state index in [1.165, 1.54) is 0 Å². The van der Waals surface area contributed by atoms with Gasteiger partial charge in [0.05, 0.1) is 17.1 Å². The standard InChI is InChI=1S/C20H20N6O/c1-13-12-26(8-7-22-13)20(27)23-19-17-6-5-16(10-18(17)24-25-19)15-4-2-3-14(9-15)11-21/h2-6,9-10,13,22H,7-8,12H2,1H3,(H2,23,24,25,27). The fourth-order valence-electron chi connectivity index (χ4n) is 3.36. The maximum absolute atomic E-state index is 12.5. The summed E-state index contributed by atoms with van der Waals surface area (Å²) < 4.78 is 0. The third-order valence-corrected chi connectivity index (χ3v) is 4.77. The minimum Gasteiger partial charge on any atom is -0.322 e. The highest BCUT2D eigenvalue weighted by molar-refractivity contribution is 6.00. The van der Waals surface area contributed by atoms with Crippen molar-refractivity contribution >= 4 is 22.8 Å². The molecule has 27 heavy (non-hydrogen) atoms. The molecule has 2 amide bonds. The number of carbonyl (C=O) groups excluding carboxylic acids is 1. The van der Waals surface area contributed by atoms with Crippen LogP contribution in [0.5, 0.6) is 0 Å². The second-order valence-corrected chi connectivity index (χ2v) is 6.76. The Kier molecular flexibility index (Phi) is 4.48. The normalized spacial score (nSPS) is 16.9. The summed E-state index contributed by atoms with van der Waals surface area (Å²) in [6, 6.07) is 15.6. The van der Waals surface area contributed by atoms with E-state index in [1.807, 2.05) is 36.4 Å². The van der Waals surface area contributed by atoms with Gasteiger partial charge in [0.1, 0.15) is 0 Å². The van der Waals surface area contributed by atoms with Crippen LogP contribution in [0.3, 0.4) is 0 Å². The molecule has 1 aromatic heterocycles. The zero-order valence-corrected chi connectivity index (χ0v) is 15.0. The van der Waals surface area contributed by atoms with E-state index in [1.54, 1.807) is 11.0 Å². The predicted octanol–water partition coefficient (Wildman–Crippen LogP) is 2.93. The summed E-state index contributed by atoms with van der Waals surface area (Å²) >= 11 is 0. The van der Waals surface area contributed by atoms with Crippen molar-refractivity contribution in [3.8, 4) is 17.2 Å². The molecule has 1 unspecified atom stereocenters. The van der Waals surface area contributed by atoms with Gasteiger partial charge >= 0.3 is 6.03 Å². The summed E-state index contributed by atoms with van der Waals surface area (Å²) in [4.78, 5) is 14.3. The Hall–Kier alpha value is -3.37. The van der Waals surface area contributed by atoms with E-state index in [-0.39, 0.29) is 12.1 Å². The monoisotopic (exact) mass is 360 g/mol. The van der Waals surface area contributed by atoms with Crippen LogP contribution < -0.4 is 10.6 Å². The lowest BCUT2D eigenvalue weighted by Crippen LogP contribution is -2.52. The topological polar surface area (TPSA) is 96.8 Å². The minimum atomic E-state index is -0.137. The smallest absolute Gasteiger partial charge is 0.322 e. The van der Waals surface area contributed by atoms with Gasteiger partial charge in [-0.05, 0) is 42.3 Å². The number of nitriles is 1. The van der Waals surface area contributed by atoms with Gasteiger partial charge in [0.25, 0.3) is 0 Å². The highest BCUT2D eigenvalue weighted by Crippen LogP contribution is 2.27. The lowest BCUT2D eigenvalue weighted by atomic mass is 10.0. The van der Waals surface area contributed by atoms with Crippen molar-refractivity contribution in [2.75, 3.05) is 25.0 Å². The number of fused-ring (bicyclic) bond motifs is 1. The van der Waals surface area contributed by atoms with Crippen molar-refractivity contribution in [3.05, 3.63) is 48.0 Å². The number of nitrogens with one attached hydrogen (secondary N) is 3. The molecular weight excluding hydrogens is 340 g/mol. The zero-order valence-electron chi connectivity index (χ0n) is 15.0. The van der Waals surface area contributed by atoms with E-state index in [9.17, 15) is 4.79 Å². The van der Waals surface area contributed by atoms with Crippen LogP contribution in [0, 0.1) is 11.3 Å². The number of hydrogen-bond acceptors (Lipinski definition) is 4. The van der Waals surface area contributed by atoms with E-state index in [2.05, 4.69) is 33.8 Å². The van der Waals surface area contributed by atoms with Crippen LogP contribution in [-0.2, 0) is 0 Å². The first-order valence-corrected chi connectivity index (χ1v) is 8.92. The number of H-pyrrole nitrogens is 1. The van der Waals surface area contributed by atoms with Gasteiger partial charge < -0.3 is 10.2 Å². The maximum atomic E-state index is 12.5. The molecule has 2 aromatic carbocycles. The maximum Gasteiger partial charge on any atom is 0.323 e. The van der Waals surface area contributed by atoms with E-state index >= 15 is 0 Å². The van der Waals surface area contributed by atoms with E-state index in [0.29, 0.717) is 24.5 Å². The summed E-state index contributed by atoms with van der Waals surface area (Å²) in [6.07, 6.45) is 0. The van der Waals surface area contributed by atoms with Crippen LogP contribution in [0.15, 0.2) is 42.5 Å². The van der Waals surface area contributed by atoms with Crippen LogP contribution >= 0.6 is 0 Å². The van der Waals surface area contributed by atoms with Crippen LogP contribution in [0.2, 0.25) is 0 Å². The summed E-state index contributed by atoms with van der Waals surface area (Å²) in [7, 11) is 0. The molecule has 1 atom stereocenters. The van der Waals surface area contributed by atoms with Crippen molar-refractivity contribution in [2.45, 2.75) is 13.0 Å². The summed E-state index contributed by atoms with van der Waals surface area (Å²) in [5, 5.41) is 23.4. The number of anilines is 1. The molecule has 0 aliphatic carbocycles. The molecule has 0 radical (unpaired) electrons. The van der Waals surface area contributed by atoms with Gasteiger partial charge in [-0.25, -0.2) is 4.79 Å². The molecule has 3 N–H and O–H groups in total. The summed E-state index contributed by atoms with van der Waals surface area (Å²) in [5.41, 5.74) is 3.40. The van der Waals surface area contributed by atoms with Crippen molar-refractivity contribution in [3.63, 3.8) is 0 Å². The first-order chi connectivity index (χ1) is 13.1. The molecule has 0 saturated carbocycles. The van der Waals surface area contributed by atoms with Gasteiger partial charge in [-0.15, -0.1) is 0 Å². The van der Waals surface area contributed by atoms with Crippen molar-refractivity contribution in [1.82, 2.24) is 20.4 Å². The second-order valence-electron chi connectivity index (χ2n) is 6.76. The number of rotatable bonds is 2. The molecule has 3 aromatic rings. The minimum absolute atomic E-state index is 0.137. The number of aromatic nitrogens is 2. The van der Waals surface area contributed by atoms with Crippen molar-refractivity contribution < 1.29 is 4.79 Å². The molecule has 7 nitrogen and oxygen atoms in total. The Balaban J connectivity index is 1.57. The lowest BCUT2D eigenvalue weighted by Gasteiger charge is -2.31. The third-order valence-electron chi connectivity index (χ3n) is 4.77. The van der Waals surface area contributed by atoms with Crippen molar-refractivity contribution in [2.24, 2.45) is 0 Å². The number of benzene rings is 2. The molecule has 1 fully saturated rings. The van der Waals surface area contributed by atoms with Gasteiger partial charge in [0.15, 0.2) is 5.82 Å². The van der Waals surface area contributed by atoms with Crippen molar-refractivity contribution in [1.29, 1.82) is 5.26 Å². The molecule has 136 valence electrons. The van der Waals surface area contributed by atoms with Crippen LogP contribution in [0.25, 0.3) is 22.0 Å². The lowest BCUT2D eigenvalue weighted by molar-refractivity contribution is 0.192. The van der Waals surface area contributed by atoms with Gasteiger partial charge in [-0.1, -0.05) is 18.2 Å². The molecule has 4 rings (SSSR count). The average molecular weight is 360 g/mol. The molecule has 2 heterocycles. The predicted molar refractivity (Wildman–Crippen MR) is 104 cm³/mol. The van der Waals surface area contributed by atoms with Gasteiger partial charge in [0.2, 0.25) is 0 Å². The van der Waals surface area contributed by atoms with Crippen LogP contribution in [-0.4, -0.2) is 46.8 Å². The highest BCUT2D eigenvalue weighted by Gasteiger charge is 2.21. The molecule has 7 heteroatoms. The molecule has 1 aliphatic heterocycles. The first kappa shape index (κ1) is 17.1. The van der Waals surface area contributed by atoms with Gasteiger partial charge in [-0.3, -0.25) is 10.4 Å². The molecule has 1 aliphatic rings. The largest absolute Gasteiger partial charge is 0.323 e. The number of piperazine rings is 1. The van der Waals surface area contributed by atoms with E-state index in [0.717, 1.165) is 28.6 Å². The number of carbonyl (C=O) groups is 1. The number of nitrogens with zero attached hydrogens (tertiary/aromatic N) is 3. The van der Waals surface area contributed by atoms with Crippen LogP contribution in [0.4, 0.5) is 10.6 Å². The zero-order chi connectivity index (χ0) is 18.8. The number of amides is 2. The van der Waals surface area contributed by atoms with Gasteiger partial charge in [-0.2, -0.15) is 10.4 Å². The first-order valence-electron chi connectivity index (χ1n) is 8.92. The molecular formula is C20H20N6O. The van der Waals surface area contributed by atoms with Crippen LogP contribution in [0.1, 0.15) is 12.5 Å². The average Bonchev–Trinajstić information content (AvgIpc) is 3.10. The highest BCUT2D eigenvalue weighted by atomic mass is 16.2. The Bertz CT molecular complexity index is 1030. The third kappa shape index (κ3) is 3.48. The second kappa shape index (κ2) is 7.09. The molecule has 0 spiro atoms. The molecule has 1 saturated heterocycles. The number of urea groups is 1. The Labute approximate surface area is 157 Å².